The van der Waals surface area contributed by atoms with E-state index < -0.39 is 0 Å². The number of hydrogen-bond acceptors (Lipinski definition) is 8. The topological polar surface area (TPSA) is 114 Å². The van der Waals surface area contributed by atoms with E-state index >= 15 is 0 Å². The number of phenols is 1. The van der Waals surface area contributed by atoms with Crippen molar-refractivity contribution in [1.29, 1.82) is 0 Å². The van der Waals surface area contributed by atoms with Crippen molar-refractivity contribution in [3.8, 4) is 28.1 Å². The highest BCUT2D eigenvalue weighted by Crippen LogP contribution is 2.37. The van der Waals surface area contributed by atoms with Crippen LogP contribution in [0.4, 0.5) is 5.82 Å². The highest BCUT2D eigenvalue weighted by Gasteiger charge is 2.38. The number of phenolic OH excluding ortho intramolecular Hbond substituents is 1. The maximum absolute atomic E-state index is 10.2. The molecule has 0 amide bonds. The number of nitrogens with zero attached hydrogens (tertiary/aromatic N) is 5. The van der Waals surface area contributed by atoms with Crippen LogP contribution >= 0.6 is 0 Å². The third-order valence-electron chi connectivity index (χ3n) is 8.85. The summed E-state index contributed by atoms with van der Waals surface area (Å²) < 4.78 is 8.41. The molecular weight excluding hydrogens is 478 g/mol. The van der Waals surface area contributed by atoms with E-state index in [1.54, 1.807) is 12.1 Å². The van der Waals surface area contributed by atoms with Gasteiger partial charge in [0.25, 0.3) is 0 Å². The molecule has 1 aromatic carbocycles. The third-order valence-corrected chi connectivity index (χ3v) is 8.85. The van der Waals surface area contributed by atoms with Gasteiger partial charge in [-0.25, -0.2) is 0 Å². The summed E-state index contributed by atoms with van der Waals surface area (Å²) in [6, 6.07) is 9.99. The van der Waals surface area contributed by atoms with Crippen molar-refractivity contribution < 1.29 is 9.84 Å². The van der Waals surface area contributed by atoms with E-state index in [1.807, 2.05) is 24.4 Å². The molecule has 1 unspecified atom stereocenters. The number of nitrogens with two attached hydrogens (primary N) is 1. The average Bonchev–Trinajstić information content (AvgIpc) is 3.42. The summed E-state index contributed by atoms with van der Waals surface area (Å²) in [4.78, 5) is 2.68. The summed E-state index contributed by atoms with van der Waals surface area (Å²) in [6.07, 6.45) is 11.9. The standard InChI is InChI=1S/C29H39N7O2/c1-19(20-8-12-35(13-9-20)22-14-24(15-22)38-23-6-10-31-11-7-23)36-18-21(17-32-36)26-16-27(33-34-29(26)30)25-4-2-3-5-28(25)37/h2-5,16-20,22-24,31,37H,6-15H2,1H3,(H2,30,34)/t19?,22-,24+. The fourth-order valence-corrected chi connectivity index (χ4v) is 6.29. The number of nitrogens with one attached hydrogen (secondary N) is 1. The first-order chi connectivity index (χ1) is 18.5. The molecule has 6 rings (SSSR count). The number of aromatic hydroxyl groups is 1. The van der Waals surface area contributed by atoms with Gasteiger partial charge in [0.2, 0.25) is 0 Å². The number of likely N-dealkylation sites (tertiary alicyclic amines) is 1. The van der Waals surface area contributed by atoms with Crippen molar-refractivity contribution in [2.75, 3.05) is 31.9 Å². The molecule has 2 aliphatic heterocycles. The van der Waals surface area contributed by atoms with Gasteiger partial charge in [-0.2, -0.15) is 5.10 Å². The van der Waals surface area contributed by atoms with Crippen LogP contribution in [0.15, 0.2) is 42.7 Å². The number of nitrogen functional groups attached to an aromatic ring is 1. The zero-order valence-electron chi connectivity index (χ0n) is 22.2. The summed E-state index contributed by atoms with van der Waals surface area (Å²) in [5.41, 5.74) is 9.10. The molecule has 3 aliphatic rings. The number of para-hydroxylation sites is 1. The van der Waals surface area contributed by atoms with Gasteiger partial charge in [-0.15, -0.1) is 10.2 Å². The zero-order valence-corrected chi connectivity index (χ0v) is 22.2. The molecule has 1 aliphatic carbocycles. The molecule has 38 heavy (non-hydrogen) atoms. The molecule has 3 fully saturated rings. The summed E-state index contributed by atoms with van der Waals surface area (Å²) >= 11 is 0. The molecule has 1 saturated carbocycles. The first-order valence-electron chi connectivity index (χ1n) is 14.1. The predicted octanol–water partition coefficient (Wildman–Crippen LogP) is 3.87. The minimum absolute atomic E-state index is 0.167. The van der Waals surface area contributed by atoms with E-state index in [0.717, 1.165) is 50.1 Å². The monoisotopic (exact) mass is 517 g/mol. The van der Waals surface area contributed by atoms with Crippen LogP contribution in [0.5, 0.6) is 5.75 Å². The van der Waals surface area contributed by atoms with Crippen LogP contribution in [0.1, 0.15) is 51.5 Å². The lowest BCUT2D eigenvalue weighted by Crippen LogP contribution is -2.52. The summed E-state index contributed by atoms with van der Waals surface area (Å²) in [7, 11) is 0. The van der Waals surface area contributed by atoms with Crippen LogP contribution in [0.25, 0.3) is 22.4 Å². The number of rotatable bonds is 7. The average molecular weight is 518 g/mol. The maximum Gasteiger partial charge on any atom is 0.154 e. The largest absolute Gasteiger partial charge is 0.507 e. The highest BCUT2D eigenvalue weighted by molar-refractivity contribution is 5.78. The Morgan fingerprint density at radius 2 is 1.79 bits per heavy atom. The Labute approximate surface area is 224 Å². The SMILES string of the molecule is CC(C1CCN([C@H]2C[C@@H](OC3CCNCC3)C2)CC1)n1cc(-c2cc(-c3ccccc3O)nnc2N)cn1. The van der Waals surface area contributed by atoms with Gasteiger partial charge in [-0.3, -0.25) is 4.68 Å². The van der Waals surface area contributed by atoms with Crippen LogP contribution in [0.2, 0.25) is 0 Å². The van der Waals surface area contributed by atoms with Crippen molar-refractivity contribution >= 4 is 5.82 Å². The smallest absolute Gasteiger partial charge is 0.154 e. The highest BCUT2D eigenvalue weighted by atomic mass is 16.5. The van der Waals surface area contributed by atoms with Gasteiger partial charge in [0.15, 0.2) is 5.82 Å². The predicted molar refractivity (Wildman–Crippen MR) is 148 cm³/mol. The minimum atomic E-state index is 0.167. The molecule has 9 heteroatoms. The van der Waals surface area contributed by atoms with Crippen LogP contribution in [0, 0.1) is 5.92 Å². The van der Waals surface area contributed by atoms with E-state index in [-0.39, 0.29) is 5.75 Å². The van der Waals surface area contributed by atoms with Gasteiger partial charge in [-0.05, 0) is 95.7 Å². The molecule has 0 radical (unpaired) electrons. The molecule has 3 aromatic rings. The van der Waals surface area contributed by atoms with Crippen LogP contribution in [0.3, 0.4) is 0 Å². The quantitative estimate of drug-likeness (QED) is 0.433. The molecule has 4 heterocycles. The fraction of sp³-hybridized carbons (Fsp3) is 0.552. The number of piperidine rings is 2. The number of aromatic nitrogens is 4. The number of hydrogen-bond donors (Lipinski definition) is 3. The lowest BCUT2D eigenvalue weighted by molar-refractivity contribution is -0.0998. The zero-order chi connectivity index (χ0) is 26.1. The molecule has 202 valence electrons. The van der Waals surface area contributed by atoms with Crippen molar-refractivity contribution in [2.24, 2.45) is 5.92 Å². The first-order valence-corrected chi connectivity index (χ1v) is 14.1. The second-order valence-corrected chi connectivity index (χ2v) is 11.2. The lowest BCUT2D eigenvalue weighted by atomic mass is 9.83. The fourth-order valence-electron chi connectivity index (χ4n) is 6.29. The second kappa shape index (κ2) is 11.0. The van der Waals surface area contributed by atoms with Gasteiger partial charge in [-0.1, -0.05) is 12.1 Å². The van der Waals surface area contributed by atoms with E-state index in [9.17, 15) is 5.11 Å². The van der Waals surface area contributed by atoms with E-state index in [4.69, 9.17) is 15.6 Å². The normalized spacial score (nSPS) is 24.2. The Morgan fingerprint density at radius 3 is 2.55 bits per heavy atom. The van der Waals surface area contributed by atoms with Gasteiger partial charge in [0, 0.05) is 28.9 Å². The second-order valence-electron chi connectivity index (χ2n) is 11.2. The molecule has 9 nitrogen and oxygen atoms in total. The number of benzene rings is 1. The van der Waals surface area contributed by atoms with Gasteiger partial charge in [0.1, 0.15) is 5.75 Å². The minimum Gasteiger partial charge on any atom is -0.507 e. The maximum atomic E-state index is 10.2. The summed E-state index contributed by atoms with van der Waals surface area (Å²) in [5, 5.41) is 26.7. The Morgan fingerprint density at radius 1 is 1.03 bits per heavy atom. The third kappa shape index (κ3) is 5.28. The molecule has 1 atom stereocenters. The first kappa shape index (κ1) is 25.3. The van der Waals surface area contributed by atoms with E-state index in [2.05, 4.69) is 38.2 Å². The van der Waals surface area contributed by atoms with Crippen LogP contribution in [-0.2, 0) is 4.74 Å². The molecule has 0 spiro atoms. The van der Waals surface area contributed by atoms with Crippen molar-refractivity contribution in [2.45, 2.75) is 69.7 Å². The van der Waals surface area contributed by atoms with Crippen molar-refractivity contribution in [1.82, 2.24) is 30.2 Å². The molecule has 0 bridgehead atoms. The van der Waals surface area contributed by atoms with Gasteiger partial charge >= 0.3 is 0 Å². The molecule has 4 N–H and O–H groups in total. The van der Waals surface area contributed by atoms with E-state index in [1.165, 1.54) is 25.7 Å². The lowest BCUT2D eigenvalue weighted by Gasteiger charge is -2.47. The van der Waals surface area contributed by atoms with Crippen molar-refractivity contribution in [3.05, 3.63) is 42.7 Å². The number of ether oxygens (including phenoxy) is 1. The summed E-state index contributed by atoms with van der Waals surface area (Å²) in [6.45, 7) is 6.76. The Hall–Kier alpha value is -3.01. The Kier molecular flexibility index (Phi) is 7.32. The number of anilines is 1. The van der Waals surface area contributed by atoms with Crippen LogP contribution < -0.4 is 11.1 Å². The van der Waals surface area contributed by atoms with Crippen LogP contribution in [-0.4, -0.2) is 74.4 Å². The Bertz CT molecular complexity index is 1230. The van der Waals surface area contributed by atoms with Gasteiger partial charge in [0.05, 0.1) is 30.1 Å². The summed E-state index contributed by atoms with van der Waals surface area (Å²) in [5.74, 6) is 1.11. The van der Waals surface area contributed by atoms with Crippen molar-refractivity contribution in [3.63, 3.8) is 0 Å². The molecule has 2 aromatic heterocycles. The molecular formula is C29H39N7O2. The van der Waals surface area contributed by atoms with Gasteiger partial charge < -0.3 is 25.8 Å². The van der Waals surface area contributed by atoms with E-state index in [0.29, 0.717) is 47.3 Å². The molecule has 2 saturated heterocycles. The Balaban J connectivity index is 1.04.